The SMILES string of the molecule is Cc1cccc(Nc2ncnc3ccc(NC(=O)NCCCl)cc23)c1. The van der Waals surface area contributed by atoms with Gasteiger partial charge in [-0.3, -0.25) is 0 Å². The van der Waals surface area contributed by atoms with Crippen LogP contribution in [0.1, 0.15) is 5.56 Å². The number of anilines is 3. The number of fused-ring (bicyclic) bond motifs is 1. The Hall–Kier alpha value is -2.86. The predicted molar refractivity (Wildman–Crippen MR) is 102 cm³/mol. The van der Waals surface area contributed by atoms with E-state index in [0.29, 0.717) is 23.9 Å². The van der Waals surface area contributed by atoms with E-state index < -0.39 is 0 Å². The summed E-state index contributed by atoms with van der Waals surface area (Å²) >= 11 is 5.57. The van der Waals surface area contributed by atoms with Crippen molar-refractivity contribution in [2.24, 2.45) is 0 Å². The minimum Gasteiger partial charge on any atom is -0.340 e. The van der Waals surface area contributed by atoms with Crippen LogP contribution in [0.15, 0.2) is 48.8 Å². The Morgan fingerprint density at radius 2 is 2.00 bits per heavy atom. The molecule has 1 aromatic heterocycles. The van der Waals surface area contributed by atoms with Crippen molar-refractivity contribution >= 4 is 45.7 Å². The lowest BCUT2D eigenvalue weighted by molar-refractivity contribution is 0.252. The number of nitrogens with one attached hydrogen (secondary N) is 3. The average molecular weight is 356 g/mol. The quantitative estimate of drug-likeness (QED) is 0.603. The van der Waals surface area contributed by atoms with E-state index in [4.69, 9.17) is 11.6 Å². The van der Waals surface area contributed by atoms with Crippen LogP contribution < -0.4 is 16.0 Å². The van der Waals surface area contributed by atoms with E-state index in [1.54, 1.807) is 6.07 Å². The van der Waals surface area contributed by atoms with Crippen LogP contribution in [0.2, 0.25) is 0 Å². The van der Waals surface area contributed by atoms with Gasteiger partial charge in [0.15, 0.2) is 0 Å². The van der Waals surface area contributed by atoms with E-state index in [9.17, 15) is 4.79 Å². The molecule has 0 bridgehead atoms. The fourth-order valence-corrected chi connectivity index (χ4v) is 2.52. The third-order valence-electron chi connectivity index (χ3n) is 3.55. The molecular formula is C18H18ClN5O. The van der Waals surface area contributed by atoms with Gasteiger partial charge in [0.2, 0.25) is 0 Å². The van der Waals surface area contributed by atoms with Gasteiger partial charge in [-0.15, -0.1) is 11.6 Å². The molecule has 0 saturated heterocycles. The second-order valence-corrected chi connectivity index (χ2v) is 5.90. The van der Waals surface area contributed by atoms with Crippen LogP contribution in [0.3, 0.4) is 0 Å². The van der Waals surface area contributed by atoms with E-state index in [-0.39, 0.29) is 6.03 Å². The summed E-state index contributed by atoms with van der Waals surface area (Å²) in [6, 6.07) is 13.2. The summed E-state index contributed by atoms with van der Waals surface area (Å²) in [5, 5.41) is 9.56. The number of alkyl halides is 1. The number of halogens is 1. The highest BCUT2D eigenvalue weighted by atomic mass is 35.5. The summed E-state index contributed by atoms with van der Waals surface area (Å²) in [5.41, 5.74) is 3.54. The lowest BCUT2D eigenvalue weighted by atomic mass is 10.2. The molecule has 25 heavy (non-hydrogen) atoms. The van der Waals surface area contributed by atoms with Crippen molar-refractivity contribution in [2.75, 3.05) is 23.1 Å². The minimum absolute atomic E-state index is 0.301. The van der Waals surface area contributed by atoms with Gasteiger partial charge < -0.3 is 16.0 Å². The highest BCUT2D eigenvalue weighted by Gasteiger charge is 2.07. The molecule has 2 aromatic carbocycles. The van der Waals surface area contributed by atoms with Crippen LogP contribution in [-0.2, 0) is 0 Å². The van der Waals surface area contributed by atoms with Gasteiger partial charge in [0.25, 0.3) is 0 Å². The second kappa shape index (κ2) is 7.81. The summed E-state index contributed by atoms with van der Waals surface area (Å²) in [7, 11) is 0. The number of nitrogens with zero attached hydrogens (tertiary/aromatic N) is 2. The Labute approximate surface area is 150 Å². The summed E-state index contributed by atoms with van der Waals surface area (Å²) in [4.78, 5) is 20.4. The molecule has 3 aromatic rings. The number of urea groups is 1. The Bertz CT molecular complexity index is 900. The van der Waals surface area contributed by atoms with Gasteiger partial charge in [0, 0.05) is 29.2 Å². The minimum atomic E-state index is -0.301. The highest BCUT2D eigenvalue weighted by molar-refractivity contribution is 6.18. The van der Waals surface area contributed by atoms with E-state index in [0.717, 1.165) is 22.2 Å². The molecule has 0 aliphatic carbocycles. The molecule has 128 valence electrons. The standard InChI is InChI=1S/C18H18ClN5O/c1-12-3-2-4-13(9-12)23-17-15-10-14(24-18(25)20-8-7-19)5-6-16(15)21-11-22-17/h2-6,9-11H,7-8H2,1H3,(H2,20,24,25)(H,21,22,23). The lowest BCUT2D eigenvalue weighted by Gasteiger charge is -2.11. The zero-order chi connectivity index (χ0) is 17.6. The van der Waals surface area contributed by atoms with Crippen molar-refractivity contribution < 1.29 is 4.79 Å². The van der Waals surface area contributed by atoms with Crippen molar-refractivity contribution in [3.8, 4) is 0 Å². The number of hydrogen-bond acceptors (Lipinski definition) is 4. The molecule has 3 N–H and O–H groups in total. The van der Waals surface area contributed by atoms with Crippen LogP contribution in [0.4, 0.5) is 22.0 Å². The van der Waals surface area contributed by atoms with Gasteiger partial charge in [-0.25, -0.2) is 14.8 Å². The Morgan fingerprint density at radius 1 is 1.12 bits per heavy atom. The van der Waals surface area contributed by atoms with E-state index in [1.165, 1.54) is 6.33 Å². The molecule has 0 radical (unpaired) electrons. The normalized spacial score (nSPS) is 10.5. The van der Waals surface area contributed by atoms with Crippen LogP contribution in [-0.4, -0.2) is 28.4 Å². The van der Waals surface area contributed by atoms with E-state index in [1.807, 2.05) is 43.3 Å². The largest absolute Gasteiger partial charge is 0.340 e. The Morgan fingerprint density at radius 3 is 2.80 bits per heavy atom. The molecule has 1 heterocycles. The first kappa shape index (κ1) is 17.0. The maximum atomic E-state index is 11.8. The van der Waals surface area contributed by atoms with Gasteiger partial charge in [0.1, 0.15) is 12.1 Å². The first-order valence-electron chi connectivity index (χ1n) is 7.85. The molecule has 0 atom stereocenters. The molecule has 0 aliphatic heterocycles. The molecule has 0 spiro atoms. The van der Waals surface area contributed by atoms with Crippen LogP contribution in [0.5, 0.6) is 0 Å². The molecule has 6 nitrogen and oxygen atoms in total. The molecular weight excluding hydrogens is 338 g/mol. The molecule has 0 fully saturated rings. The molecule has 2 amide bonds. The number of carbonyl (C=O) groups is 1. The van der Waals surface area contributed by atoms with Gasteiger partial charge in [-0.2, -0.15) is 0 Å². The second-order valence-electron chi connectivity index (χ2n) is 5.52. The smallest absolute Gasteiger partial charge is 0.319 e. The highest BCUT2D eigenvalue weighted by Crippen LogP contribution is 2.26. The maximum Gasteiger partial charge on any atom is 0.319 e. The predicted octanol–water partition coefficient (Wildman–Crippen LogP) is 4.04. The Balaban J connectivity index is 1.88. The monoisotopic (exact) mass is 355 g/mol. The van der Waals surface area contributed by atoms with Crippen molar-refractivity contribution in [1.82, 2.24) is 15.3 Å². The van der Waals surface area contributed by atoms with E-state index in [2.05, 4.69) is 25.9 Å². The lowest BCUT2D eigenvalue weighted by Crippen LogP contribution is -2.30. The number of aromatic nitrogens is 2. The fraction of sp³-hybridized carbons (Fsp3) is 0.167. The summed E-state index contributed by atoms with van der Waals surface area (Å²) < 4.78 is 0. The van der Waals surface area contributed by atoms with Crippen molar-refractivity contribution in [3.05, 3.63) is 54.4 Å². The Kier molecular flexibility index (Phi) is 5.30. The number of aryl methyl sites for hydroxylation is 1. The first-order chi connectivity index (χ1) is 12.2. The summed E-state index contributed by atoms with van der Waals surface area (Å²) in [5.74, 6) is 1.05. The third kappa shape index (κ3) is 4.36. The van der Waals surface area contributed by atoms with Gasteiger partial charge >= 0.3 is 6.03 Å². The molecule has 3 rings (SSSR count). The number of carbonyl (C=O) groups excluding carboxylic acids is 1. The summed E-state index contributed by atoms with van der Waals surface area (Å²) in [6.45, 7) is 2.44. The fourth-order valence-electron chi connectivity index (χ4n) is 2.43. The third-order valence-corrected chi connectivity index (χ3v) is 3.74. The van der Waals surface area contributed by atoms with Crippen LogP contribution in [0, 0.1) is 6.92 Å². The molecule has 0 aliphatic rings. The number of rotatable bonds is 5. The molecule has 0 saturated carbocycles. The molecule has 0 unspecified atom stereocenters. The number of hydrogen-bond donors (Lipinski definition) is 3. The maximum absolute atomic E-state index is 11.8. The topological polar surface area (TPSA) is 78.9 Å². The van der Waals surface area contributed by atoms with Gasteiger partial charge in [0.05, 0.1) is 5.52 Å². The van der Waals surface area contributed by atoms with Crippen molar-refractivity contribution in [2.45, 2.75) is 6.92 Å². The van der Waals surface area contributed by atoms with Crippen molar-refractivity contribution in [1.29, 1.82) is 0 Å². The first-order valence-corrected chi connectivity index (χ1v) is 8.38. The average Bonchev–Trinajstić information content (AvgIpc) is 2.60. The van der Waals surface area contributed by atoms with Crippen LogP contribution >= 0.6 is 11.6 Å². The van der Waals surface area contributed by atoms with Crippen molar-refractivity contribution in [3.63, 3.8) is 0 Å². The zero-order valence-electron chi connectivity index (χ0n) is 13.7. The van der Waals surface area contributed by atoms with Gasteiger partial charge in [-0.05, 0) is 42.8 Å². The van der Waals surface area contributed by atoms with E-state index >= 15 is 0 Å². The number of amides is 2. The zero-order valence-corrected chi connectivity index (χ0v) is 14.5. The summed E-state index contributed by atoms with van der Waals surface area (Å²) in [6.07, 6.45) is 1.51. The molecule has 7 heteroatoms. The van der Waals surface area contributed by atoms with Crippen LogP contribution in [0.25, 0.3) is 10.9 Å². The van der Waals surface area contributed by atoms with Gasteiger partial charge in [-0.1, -0.05) is 12.1 Å². The number of benzene rings is 2.